The van der Waals surface area contributed by atoms with Crippen molar-refractivity contribution in [2.24, 2.45) is 17.8 Å². The van der Waals surface area contributed by atoms with Gasteiger partial charge < -0.3 is 28.8 Å². The fraction of sp³-hybridized carbons (Fsp3) is 0.438. The van der Waals surface area contributed by atoms with Crippen LogP contribution in [0.15, 0.2) is 83.4 Å². The van der Waals surface area contributed by atoms with Crippen molar-refractivity contribution in [1.29, 1.82) is 0 Å². The van der Waals surface area contributed by atoms with Gasteiger partial charge in [0.25, 0.3) is 5.88 Å². The molecule has 1 saturated carbocycles. The minimum absolute atomic E-state index is 0.0345. The Bertz CT molecular complexity index is 2410. The van der Waals surface area contributed by atoms with Crippen molar-refractivity contribution in [2.75, 3.05) is 20.1 Å². The number of aliphatic hydroxyl groups excluding tert-OH is 1. The number of ether oxygens (including phenoxy) is 2. The second kappa shape index (κ2) is 14.9. The maximum atomic E-state index is 17.5. The zero-order valence-electron chi connectivity index (χ0n) is 35.3. The van der Waals surface area contributed by atoms with E-state index in [0.29, 0.717) is 29.8 Å². The Kier molecular flexibility index (Phi) is 10.1. The zero-order chi connectivity index (χ0) is 42.3. The van der Waals surface area contributed by atoms with E-state index in [1.165, 1.54) is 0 Å². The molecule has 4 aromatic rings. The van der Waals surface area contributed by atoms with Gasteiger partial charge in [0.15, 0.2) is 19.7 Å². The summed E-state index contributed by atoms with van der Waals surface area (Å²) in [5.41, 5.74) is 1.69. The van der Waals surface area contributed by atoms with E-state index in [1.54, 1.807) is 6.08 Å². The molecule has 3 aromatic carbocycles. The first-order chi connectivity index (χ1) is 28.7. The average Bonchev–Trinajstić information content (AvgIpc) is 3.93. The first kappa shape index (κ1) is 40.5. The van der Waals surface area contributed by atoms with Crippen LogP contribution in [-0.2, 0) is 35.3 Å². The molecule has 2 heterocycles. The number of fused-ring (bicyclic) bond motifs is 7. The van der Waals surface area contributed by atoms with Gasteiger partial charge in [0.2, 0.25) is 11.6 Å². The van der Waals surface area contributed by atoms with Crippen molar-refractivity contribution in [1.82, 2.24) is 15.4 Å². The molecular formula is C48H54FN3O7Si. The highest BCUT2D eigenvalue weighted by Crippen LogP contribution is 2.60. The summed E-state index contributed by atoms with van der Waals surface area (Å²) in [5, 5.41) is 20.1. The van der Waals surface area contributed by atoms with Crippen LogP contribution < -0.4 is 14.8 Å². The summed E-state index contributed by atoms with van der Waals surface area (Å²) in [7, 11) is -0.938. The number of aliphatic hydroxyl groups is 1. The number of likely N-dealkylation sites (tertiary alicyclic amines) is 1. The number of carbonyl (C=O) groups excluding carboxylic acids is 2. The maximum Gasteiger partial charge on any atom is 0.265 e. The molecule has 0 bridgehead atoms. The maximum absolute atomic E-state index is 17.5. The SMILES string of the molecule is C=CCN[C@@H]1c2onc(OCc3ccccc3)c2C(=O)C2(O[Si](C)(C)C(C)(C)C)C(=O)C3=C(O)c4c(c(F)c5c(c4OCc4ccccc4)CC4CCN(C)C54)C[C@H]3C[C@@H]12. The Labute approximate surface area is 351 Å². The van der Waals surface area contributed by atoms with Gasteiger partial charge >= 0.3 is 0 Å². The minimum atomic E-state index is -2.97. The lowest BCUT2D eigenvalue weighted by Crippen LogP contribution is -2.68. The summed E-state index contributed by atoms with van der Waals surface area (Å²) >= 11 is 0. The summed E-state index contributed by atoms with van der Waals surface area (Å²) in [6.07, 6.45) is 3.56. The summed E-state index contributed by atoms with van der Waals surface area (Å²) in [6.45, 7) is 15.6. The molecule has 1 aliphatic heterocycles. The third-order valence-electron chi connectivity index (χ3n) is 14.2. The van der Waals surface area contributed by atoms with Crippen molar-refractivity contribution in [3.05, 3.63) is 129 Å². The predicted octanol–water partition coefficient (Wildman–Crippen LogP) is 9.02. The van der Waals surface area contributed by atoms with Crippen LogP contribution >= 0.6 is 0 Å². The molecule has 4 aliphatic carbocycles. The molecule has 60 heavy (non-hydrogen) atoms. The predicted molar refractivity (Wildman–Crippen MR) is 228 cm³/mol. The number of aromatic nitrogens is 1. The van der Waals surface area contributed by atoms with Crippen molar-refractivity contribution >= 4 is 25.6 Å². The van der Waals surface area contributed by atoms with Crippen molar-refractivity contribution < 1.29 is 37.5 Å². The van der Waals surface area contributed by atoms with Gasteiger partial charge in [-0.05, 0) is 85.5 Å². The number of Topliss-reactive ketones (excluding diaryl/α,β-unsaturated/α-hetero) is 2. The van der Waals surface area contributed by atoms with Crippen molar-refractivity contribution in [3.8, 4) is 11.6 Å². The normalized spacial score (nSPS) is 25.9. The molecule has 0 radical (unpaired) electrons. The number of carbonyl (C=O) groups is 2. The lowest BCUT2D eigenvalue weighted by molar-refractivity contribution is -0.138. The lowest BCUT2D eigenvalue weighted by Gasteiger charge is -2.54. The lowest BCUT2D eigenvalue weighted by atomic mass is 9.57. The molecule has 314 valence electrons. The monoisotopic (exact) mass is 831 g/mol. The van der Waals surface area contributed by atoms with Crippen LogP contribution in [0.25, 0.3) is 5.76 Å². The van der Waals surface area contributed by atoms with E-state index in [0.717, 1.165) is 29.7 Å². The number of benzene rings is 3. The quantitative estimate of drug-likeness (QED) is 0.0860. The Hall–Kier alpha value is -4.88. The van der Waals surface area contributed by atoms with Crippen molar-refractivity contribution in [2.45, 2.75) is 95.5 Å². The molecule has 1 aromatic heterocycles. The van der Waals surface area contributed by atoms with E-state index < -0.39 is 48.4 Å². The zero-order valence-corrected chi connectivity index (χ0v) is 36.3. The molecular weight excluding hydrogens is 778 g/mol. The molecule has 10 nitrogen and oxygen atoms in total. The van der Waals surface area contributed by atoms with E-state index in [9.17, 15) is 5.11 Å². The second-order valence-corrected chi connectivity index (χ2v) is 23.5. The van der Waals surface area contributed by atoms with Gasteiger partial charge in [0, 0.05) is 40.8 Å². The van der Waals surface area contributed by atoms with Crippen LogP contribution in [0.2, 0.25) is 18.1 Å². The molecule has 3 unspecified atom stereocenters. The Balaban J connectivity index is 1.23. The number of nitrogens with one attached hydrogen (secondary N) is 1. The molecule has 1 saturated heterocycles. The highest BCUT2D eigenvalue weighted by molar-refractivity contribution is 6.74. The summed E-state index contributed by atoms with van der Waals surface area (Å²) < 4.78 is 43.7. The Morgan fingerprint density at radius 2 is 1.67 bits per heavy atom. The number of nitrogens with zero attached hydrogens (tertiary/aromatic N) is 2. The van der Waals surface area contributed by atoms with E-state index in [2.05, 4.69) is 42.7 Å². The smallest absolute Gasteiger partial charge is 0.265 e. The van der Waals surface area contributed by atoms with Crippen LogP contribution in [0, 0.1) is 23.6 Å². The van der Waals surface area contributed by atoms with Crippen LogP contribution in [0.3, 0.4) is 0 Å². The van der Waals surface area contributed by atoms with Gasteiger partial charge in [-0.2, -0.15) is 0 Å². The number of halogens is 1. The molecule has 2 fully saturated rings. The third kappa shape index (κ3) is 6.23. The van der Waals surface area contributed by atoms with Gasteiger partial charge in [0.05, 0.1) is 11.6 Å². The summed E-state index contributed by atoms with van der Waals surface area (Å²) in [4.78, 5) is 33.9. The molecule has 0 amide bonds. The molecule has 0 spiro atoms. The highest BCUT2D eigenvalue weighted by Gasteiger charge is 2.68. The first-order valence-electron chi connectivity index (χ1n) is 21.2. The summed E-state index contributed by atoms with van der Waals surface area (Å²) in [5.74, 6) is -2.56. The van der Waals surface area contributed by atoms with Gasteiger partial charge in [0.1, 0.15) is 36.1 Å². The molecule has 2 N–H and O–H groups in total. The molecule has 12 heteroatoms. The van der Waals surface area contributed by atoms with Gasteiger partial charge in [-0.3, -0.25) is 14.5 Å². The first-order valence-corrected chi connectivity index (χ1v) is 24.1. The number of hydrogen-bond acceptors (Lipinski definition) is 10. The summed E-state index contributed by atoms with van der Waals surface area (Å²) in [6, 6.07) is 18.4. The van der Waals surface area contributed by atoms with E-state index in [-0.39, 0.29) is 77.9 Å². The minimum Gasteiger partial charge on any atom is -0.507 e. The van der Waals surface area contributed by atoms with Crippen molar-refractivity contribution in [3.63, 3.8) is 0 Å². The standard InChI is InChI=1S/C48H54FN3O7Si/c1-8-20-50-39-33-24-30-23-31-36(42(56-25-27-15-11-9-12-16-27)32-22-29-19-21-52(5)40(29)35(32)38(31)49)41(53)34(30)44(54)48(33,59-60(6,7)47(2,3)4)45(55)37-43(39)58-51-46(37)57-26-28-17-13-10-14-18-28/h8-18,29-30,33,39-40,50,53H,1,19-26H2,2-7H3/t29?,30-,33-,39-,40?,48?/m0/s1. The van der Waals surface area contributed by atoms with Gasteiger partial charge in [-0.1, -0.05) is 87.5 Å². The Morgan fingerprint density at radius 1 is 1.00 bits per heavy atom. The van der Waals surface area contributed by atoms with E-state index in [1.807, 2.05) is 80.8 Å². The van der Waals surface area contributed by atoms with E-state index >= 15 is 14.0 Å². The largest absolute Gasteiger partial charge is 0.507 e. The number of hydrogen-bond donors (Lipinski definition) is 2. The fourth-order valence-electron chi connectivity index (χ4n) is 10.3. The van der Waals surface area contributed by atoms with Gasteiger partial charge in [-0.15, -0.1) is 6.58 Å². The van der Waals surface area contributed by atoms with Crippen LogP contribution in [0.4, 0.5) is 4.39 Å². The van der Waals surface area contributed by atoms with Gasteiger partial charge in [-0.25, -0.2) is 4.39 Å². The van der Waals surface area contributed by atoms with Crippen LogP contribution in [-0.4, -0.2) is 60.8 Å². The topological polar surface area (TPSA) is 123 Å². The number of ketones is 2. The second-order valence-electron chi connectivity index (χ2n) is 18.8. The van der Waals surface area contributed by atoms with E-state index in [4.69, 9.17) is 18.4 Å². The average molecular weight is 832 g/mol. The van der Waals surface area contributed by atoms with Crippen LogP contribution in [0.5, 0.6) is 11.6 Å². The molecule has 5 aliphatic rings. The number of rotatable bonds is 11. The third-order valence-corrected chi connectivity index (χ3v) is 18.7. The van der Waals surface area contributed by atoms with Crippen LogP contribution in [0.1, 0.15) is 95.2 Å². The molecule has 6 atom stereocenters. The highest BCUT2D eigenvalue weighted by atomic mass is 28.4. The fourth-order valence-corrected chi connectivity index (χ4v) is 11.8. The Morgan fingerprint density at radius 3 is 2.32 bits per heavy atom. The molecule has 9 rings (SSSR count).